The smallest absolute Gasteiger partial charge is 0.273 e. The maximum absolute atomic E-state index is 11.5. The molecule has 5 heteroatoms. The molecule has 1 aromatic heterocycles. The van der Waals surface area contributed by atoms with Crippen LogP contribution in [-0.2, 0) is 0 Å². The number of carbonyl (C=O) groups excluding carboxylic acids is 1. The highest BCUT2D eigenvalue weighted by Gasteiger charge is 2.03. The Bertz CT molecular complexity index is 556. The molecule has 5 nitrogen and oxygen atoms in total. The van der Waals surface area contributed by atoms with Gasteiger partial charge in [0.15, 0.2) is 0 Å². The summed E-state index contributed by atoms with van der Waals surface area (Å²) in [6.07, 6.45) is 3.13. The summed E-state index contributed by atoms with van der Waals surface area (Å²) in [4.78, 5) is 11.5. The van der Waals surface area contributed by atoms with Gasteiger partial charge in [-0.15, -0.1) is 0 Å². The van der Waals surface area contributed by atoms with E-state index in [2.05, 4.69) is 46.7 Å². The maximum Gasteiger partial charge on any atom is 0.289 e. The first-order chi connectivity index (χ1) is 9.16. The van der Waals surface area contributed by atoms with E-state index in [1.54, 1.807) is 12.3 Å². The first kappa shape index (κ1) is 13.0. The van der Waals surface area contributed by atoms with Gasteiger partial charge in [-0.2, -0.15) is 10.2 Å². The zero-order valence-corrected chi connectivity index (χ0v) is 10.9. The van der Waals surface area contributed by atoms with Gasteiger partial charge in [-0.05, 0) is 23.1 Å². The SMILES string of the molecule is CC(C)c1ccc(/C=N\NC(=O)c2ccn[nH]2)cc1. The van der Waals surface area contributed by atoms with Gasteiger partial charge in [0.2, 0.25) is 0 Å². The first-order valence-corrected chi connectivity index (χ1v) is 6.09. The van der Waals surface area contributed by atoms with E-state index in [1.807, 2.05) is 12.1 Å². The van der Waals surface area contributed by atoms with E-state index in [-0.39, 0.29) is 5.91 Å². The Balaban J connectivity index is 1.94. The van der Waals surface area contributed by atoms with Gasteiger partial charge < -0.3 is 0 Å². The molecule has 0 aliphatic heterocycles. The van der Waals surface area contributed by atoms with Crippen molar-refractivity contribution in [3.05, 3.63) is 53.3 Å². The van der Waals surface area contributed by atoms with Crippen molar-refractivity contribution in [2.24, 2.45) is 5.10 Å². The molecule has 2 aromatic rings. The van der Waals surface area contributed by atoms with Crippen molar-refractivity contribution in [1.82, 2.24) is 15.6 Å². The van der Waals surface area contributed by atoms with Crippen LogP contribution in [0.15, 0.2) is 41.6 Å². The summed E-state index contributed by atoms with van der Waals surface area (Å²) in [5.41, 5.74) is 5.03. The second-order valence-electron chi connectivity index (χ2n) is 4.49. The van der Waals surface area contributed by atoms with Gasteiger partial charge in [0.05, 0.1) is 6.21 Å². The molecule has 0 unspecified atom stereocenters. The van der Waals surface area contributed by atoms with Gasteiger partial charge in [-0.3, -0.25) is 9.89 Å². The largest absolute Gasteiger partial charge is 0.289 e. The molecule has 1 heterocycles. The van der Waals surface area contributed by atoms with Crippen molar-refractivity contribution in [1.29, 1.82) is 0 Å². The van der Waals surface area contributed by atoms with E-state index in [0.717, 1.165) is 5.56 Å². The normalized spacial score (nSPS) is 11.1. The lowest BCUT2D eigenvalue weighted by Gasteiger charge is -2.04. The number of hydrazone groups is 1. The van der Waals surface area contributed by atoms with Gasteiger partial charge in [0, 0.05) is 6.20 Å². The van der Waals surface area contributed by atoms with E-state index in [0.29, 0.717) is 11.6 Å². The number of carbonyl (C=O) groups is 1. The Hall–Kier alpha value is -2.43. The monoisotopic (exact) mass is 256 g/mol. The summed E-state index contributed by atoms with van der Waals surface area (Å²) in [5, 5.41) is 10.2. The molecule has 1 aromatic carbocycles. The third-order valence-electron chi connectivity index (χ3n) is 2.73. The van der Waals surface area contributed by atoms with E-state index in [9.17, 15) is 4.79 Å². The molecular weight excluding hydrogens is 240 g/mol. The van der Waals surface area contributed by atoms with Gasteiger partial charge in [-0.1, -0.05) is 38.1 Å². The lowest BCUT2D eigenvalue weighted by molar-refractivity contribution is 0.0950. The molecule has 98 valence electrons. The summed E-state index contributed by atoms with van der Waals surface area (Å²) < 4.78 is 0. The molecule has 19 heavy (non-hydrogen) atoms. The zero-order chi connectivity index (χ0) is 13.7. The molecule has 0 saturated carbocycles. The number of nitrogens with zero attached hydrogens (tertiary/aromatic N) is 2. The van der Waals surface area contributed by atoms with Crippen LogP contribution >= 0.6 is 0 Å². The molecule has 0 radical (unpaired) electrons. The van der Waals surface area contributed by atoms with Crippen molar-refractivity contribution in [3.63, 3.8) is 0 Å². The second kappa shape index (κ2) is 5.95. The van der Waals surface area contributed by atoms with Crippen LogP contribution in [0.4, 0.5) is 0 Å². The number of nitrogens with one attached hydrogen (secondary N) is 2. The molecule has 0 saturated heterocycles. The molecule has 2 N–H and O–H groups in total. The van der Waals surface area contributed by atoms with Crippen molar-refractivity contribution in [2.45, 2.75) is 19.8 Å². The molecule has 1 amide bonds. The predicted octanol–water partition coefficient (Wildman–Crippen LogP) is 2.30. The number of rotatable bonds is 4. The fourth-order valence-corrected chi connectivity index (χ4v) is 1.57. The number of aromatic nitrogens is 2. The number of hydrogen-bond donors (Lipinski definition) is 2. The van der Waals surface area contributed by atoms with Gasteiger partial charge in [0.1, 0.15) is 5.69 Å². The lowest BCUT2D eigenvalue weighted by Crippen LogP contribution is -2.17. The molecule has 0 atom stereocenters. The highest BCUT2D eigenvalue weighted by atomic mass is 16.2. The molecule has 2 rings (SSSR count). The quantitative estimate of drug-likeness (QED) is 0.651. The van der Waals surface area contributed by atoms with Crippen LogP contribution in [0.1, 0.15) is 41.4 Å². The molecule has 0 fully saturated rings. The van der Waals surface area contributed by atoms with E-state index >= 15 is 0 Å². The Morgan fingerprint density at radius 3 is 2.63 bits per heavy atom. The van der Waals surface area contributed by atoms with Crippen LogP contribution in [0.5, 0.6) is 0 Å². The van der Waals surface area contributed by atoms with Crippen molar-refractivity contribution in [3.8, 4) is 0 Å². The highest BCUT2D eigenvalue weighted by Crippen LogP contribution is 2.13. The Morgan fingerprint density at radius 1 is 1.32 bits per heavy atom. The molecule has 0 spiro atoms. The van der Waals surface area contributed by atoms with E-state index in [4.69, 9.17) is 0 Å². The Labute approximate surface area is 111 Å². The summed E-state index contributed by atoms with van der Waals surface area (Å²) in [5.74, 6) is 0.193. The van der Waals surface area contributed by atoms with Crippen LogP contribution in [0.2, 0.25) is 0 Å². The number of H-pyrrole nitrogens is 1. The van der Waals surface area contributed by atoms with Crippen molar-refractivity contribution >= 4 is 12.1 Å². The highest BCUT2D eigenvalue weighted by molar-refractivity contribution is 5.92. The number of benzene rings is 1. The van der Waals surface area contributed by atoms with E-state index < -0.39 is 0 Å². The molecule has 0 aliphatic rings. The maximum atomic E-state index is 11.5. The van der Waals surface area contributed by atoms with Gasteiger partial charge in [0.25, 0.3) is 5.91 Å². The summed E-state index contributed by atoms with van der Waals surface area (Å²) in [6, 6.07) is 9.65. The predicted molar refractivity (Wildman–Crippen MR) is 74.2 cm³/mol. The van der Waals surface area contributed by atoms with Gasteiger partial charge in [-0.25, -0.2) is 5.43 Å². The minimum atomic E-state index is -0.312. The zero-order valence-electron chi connectivity index (χ0n) is 10.9. The fraction of sp³-hybridized carbons (Fsp3) is 0.214. The van der Waals surface area contributed by atoms with Crippen LogP contribution in [0.25, 0.3) is 0 Å². The average molecular weight is 256 g/mol. The standard InChI is InChI=1S/C14H16N4O/c1-10(2)12-5-3-11(4-6-12)9-16-18-14(19)13-7-8-15-17-13/h3-10H,1-2H3,(H,15,17)(H,18,19)/b16-9-. The van der Waals surface area contributed by atoms with Crippen LogP contribution in [0.3, 0.4) is 0 Å². The lowest BCUT2D eigenvalue weighted by atomic mass is 10.0. The van der Waals surface area contributed by atoms with Crippen molar-refractivity contribution in [2.75, 3.05) is 0 Å². The third kappa shape index (κ3) is 3.51. The van der Waals surface area contributed by atoms with Gasteiger partial charge >= 0.3 is 0 Å². The third-order valence-corrected chi connectivity index (χ3v) is 2.73. The fourth-order valence-electron chi connectivity index (χ4n) is 1.57. The minimum Gasteiger partial charge on any atom is -0.273 e. The topological polar surface area (TPSA) is 70.1 Å². The Kier molecular flexibility index (Phi) is 4.07. The van der Waals surface area contributed by atoms with Crippen molar-refractivity contribution < 1.29 is 4.79 Å². The van der Waals surface area contributed by atoms with E-state index in [1.165, 1.54) is 11.8 Å². The summed E-state index contributed by atoms with van der Waals surface area (Å²) in [7, 11) is 0. The molecule has 0 bridgehead atoms. The summed E-state index contributed by atoms with van der Waals surface area (Å²) in [6.45, 7) is 4.29. The summed E-state index contributed by atoms with van der Waals surface area (Å²) >= 11 is 0. The minimum absolute atomic E-state index is 0.312. The van der Waals surface area contributed by atoms with Crippen LogP contribution < -0.4 is 5.43 Å². The van der Waals surface area contributed by atoms with Crippen LogP contribution in [-0.4, -0.2) is 22.3 Å². The molecular formula is C14H16N4O. The average Bonchev–Trinajstić information content (AvgIpc) is 2.93. The number of amides is 1. The number of aromatic amines is 1. The number of hydrogen-bond acceptors (Lipinski definition) is 3. The molecule has 0 aliphatic carbocycles. The van der Waals surface area contributed by atoms with Crippen LogP contribution in [0, 0.1) is 0 Å². The second-order valence-corrected chi connectivity index (χ2v) is 4.49. The Morgan fingerprint density at radius 2 is 2.05 bits per heavy atom. The first-order valence-electron chi connectivity index (χ1n) is 6.09.